The van der Waals surface area contributed by atoms with Gasteiger partial charge in [-0.1, -0.05) is 19.3 Å². The normalized spacial score (nSPS) is 13.8. The summed E-state index contributed by atoms with van der Waals surface area (Å²) in [5.41, 5.74) is 0. The minimum absolute atomic E-state index is 0.137. The van der Waals surface area contributed by atoms with E-state index in [1.54, 1.807) is 6.92 Å². The van der Waals surface area contributed by atoms with Crippen LogP contribution in [0.15, 0.2) is 12.7 Å². The van der Waals surface area contributed by atoms with Crippen molar-refractivity contribution in [2.24, 2.45) is 0 Å². The Kier molecular flexibility index (Phi) is 4.52. The topological polar surface area (TPSA) is 59.8 Å². The summed E-state index contributed by atoms with van der Waals surface area (Å²) in [6.45, 7) is 3.78. The first-order valence-corrected chi connectivity index (χ1v) is 5.29. The Labute approximate surface area is 95.3 Å². The Hall–Kier alpha value is -1.83. The third kappa shape index (κ3) is 3.09. The summed E-state index contributed by atoms with van der Waals surface area (Å²) < 4.78 is 1.49. The van der Waals surface area contributed by atoms with Crippen molar-refractivity contribution in [3.05, 3.63) is 12.7 Å². The molecule has 1 aromatic rings. The zero-order valence-corrected chi connectivity index (χ0v) is 9.55. The molecule has 0 saturated heterocycles. The van der Waals surface area contributed by atoms with Gasteiger partial charge < -0.3 is 5.32 Å². The highest BCUT2D eigenvalue weighted by Crippen LogP contribution is 2.04. The van der Waals surface area contributed by atoms with Gasteiger partial charge in [0, 0.05) is 0 Å². The van der Waals surface area contributed by atoms with Crippen LogP contribution in [0.5, 0.6) is 0 Å². The number of carbonyl (C=O) groups is 1. The number of nitrogens with zero attached hydrogens (tertiary/aromatic N) is 3. The highest BCUT2D eigenvalue weighted by atomic mass is 16.2. The molecule has 0 bridgehead atoms. The van der Waals surface area contributed by atoms with E-state index in [9.17, 15) is 4.79 Å². The van der Waals surface area contributed by atoms with Crippen molar-refractivity contribution in [1.29, 1.82) is 0 Å². The molecule has 16 heavy (non-hydrogen) atoms. The molecular formula is C11H16N4O. The van der Waals surface area contributed by atoms with E-state index in [0.29, 0.717) is 0 Å². The lowest BCUT2D eigenvalue weighted by Gasteiger charge is -2.16. The summed E-state index contributed by atoms with van der Waals surface area (Å²) >= 11 is 0. The van der Waals surface area contributed by atoms with Crippen molar-refractivity contribution < 1.29 is 4.79 Å². The number of carbonyl (C=O) groups excluding carboxylic acids is 1. The van der Waals surface area contributed by atoms with Crippen LogP contribution in [0.4, 0.5) is 0 Å². The number of hydrogen-bond acceptors (Lipinski definition) is 3. The molecular weight excluding hydrogens is 204 g/mol. The lowest BCUT2D eigenvalue weighted by Crippen LogP contribution is -2.38. The Bertz CT molecular complexity index is 366. The molecule has 0 aromatic carbocycles. The average molecular weight is 220 g/mol. The zero-order valence-electron chi connectivity index (χ0n) is 9.55. The van der Waals surface area contributed by atoms with Gasteiger partial charge in [-0.15, -0.1) is 6.42 Å². The van der Waals surface area contributed by atoms with E-state index in [0.717, 1.165) is 12.8 Å². The smallest absolute Gasteiger partial charge is 0.245 e. The Morgan fingerprint density at radius 2 is 2.44 bits per heavy atom. The fraction of sp³-hybridized carbons (Fsp3) is 0.545. The van der Waals surface area contributed by atoms with E-state index in [-0.39, 0.29) is 11.9 Å². The van der Waals surface area contributed by atoms with Gasteiger partial charge >= 0.3 is 0 Å². The molecule has 0 fully saturated rings. The van der Waals surface area contributed by atoms with Crippen LogP contribution in [0.2, 0.25) is 0 Å². The first-order valence-electron chi connectivity index (χ1n) is 5.29. The van der Waals surface area contributed by atoms with Crippen LogP contribution in [-0.2, 0) is 4.79 Å². The Morgan fingerprint density at radius 3 is 2.94 bits per heavy atom. The average Bonchev–Trinajstić information content (AvgIpc) is 2.80. The van der Waals surface area contributed by atoms with Crippen molar-refractivity contribution in [1.82, 2.24) is 20.1 Å². The van der Waals surface area contributed by atoms with Crippen LogP contribution < -0.4 is 5.32 Å². The standard InChI is InChI=1S/C11H16N4O/c1-4-6-10(5-2)14-11(16)9(3)15-8-12-7-13-15/h2,7-10H,4,6H2,1,3H3,(H,14,16). The minimum Gasteiger partial charge on any atom is -0.341 e. The van der Waals surface area contributed by atoms with Gasteiger partial charge in [0.15, 0.2) is 0 Å². The van der Waals surface area contributed by atoms with Crippen LogP contribution in [0.3, 0.4) is 0 Å². The largest absolute Gasteiger partial charge is 0.341 e. The van der Waals surface area contributed by atoms with E-state index < -0.39 is 6.04 Å². The molecule has 0 radical (unpaired) electrons. The maximum atomic E-state index is 11.8. The number of amides is 1. The number of aromatic nitrogens is 3. The van der Waals surface area contributed by atoms with Gasteiger partial charge in [-0.2, -0.15) is 5.10 Å². The summed E-state index contributed by atoms with van der Waals surface area (Å²) in [4.78, 5) is 15.6. The van der Waals surface area contributed by atoms with Crippen LogP contribution in [-0.4, -0.2) is 26.7 Å². The number of hydrogen-bond donors (Lipinski definition) is 1. The van der Waals surface area contributed by atoms with Gasteiger partial charge in [0.25, 0.3) is 0 Å². The van der Waals surface area contributed by atoms with Crippen LogP contribution >= 0.6 is 0 Å². The third-order valence-electron chi connectivity index (χ3n) is 2.31. The molecule has 1 amide bonds. The van der Waals surface area contributed by atoms with Crippen molar-refractivity contribution >= 4 is 5.91 Å². The summed E-state index contributed by atoms with van der Waals surface area (Å²) in [6, 6.07) is -0.598. The first-order chi connectivity index (χ1) is 7.69. The predicted molar refractivity (Wildman–Crippen MR) is 60.4 cm³/mol. The number of nitrogens with one attached hydrogen (secondary N) is 1. The third-order valence-corrected chi connectivity index (χ3v) is 2.31. The summed E-state index contributed by atoms with van der Waals surface area (Å²) in [6.07, 6.45) is 9.95. The SMILES string of the molecule is C#CC(CCC)NC(=O)C(C)n1cncn1. The predicted octanol–water partition coefficient (Wildman–Crippen LogP) is 0.757. The van der Waals surface area contributed by atoms with Crippen molar-refractivity contribution in [3.63, 3.8) is 0 Å². The van der Waals surface area contributed by atoms with E-state index in [1.165, 1.54) is 17.3 Å². The maximum absolute atomic E-state index is 11.8. The minimum atomic E-state index is -0.393. The molecule has 2 atom stereocenters. The second-order valence-corrected chi connectivity index (χ2v) is 3.57. The van der Waals surface area contributed by atoms with Crippen LogP contribution in [0.1, 0.15) is 32.7 Å². The van der Waals surface area contributed by atoms with E-state index in [2.05, 4.69) is 21.3 Å². The zero-order chi connectivity index (χ0) is 12.0. The molecule has 86 valence electrons. The quantitative estimate of drug-likeness (QED) is 0.745. The molecule has 0 saturated carbocycles. The van der Waals surface area contributed by atoms with Crippen molar-refractivity contribution in [2.75, 3.05) is 0 Å². The van der Waals surface area contributed by atoms with Gasteiger partial charge in [-0.05, 0) is 13.3 Å². The van der Waals surface area contributed by atoms with Gasteiger partial charge in [0.05, 0.1) is 6.04 Å². The molecule has 0 aliphatic carbocycles. The Morgan fingerprint density at radius 1 is 1.69 bits per heavy atom. The molecule has 1 N–H and O–H groups in total. The molecule has 1 heterocycles. The van der Waals surface area contributed by atoms with Gasteiger partial charge in [0.2, 0.25) is 5.91 Å². The van der Waals surface area contributed by atoms with Crippen molar-refractivity contribution in [2.45, 2.75) is 38.8 Å². The van der Waals surface area contributed by atoms with Crippen LogP contribution in [0.25, 0.3) is 0 Å². The highest BCUT2D eigenvalue weighted by Gasteiger charge is 2.17. The lowest BCUT2D eigenvalue weighted by molar-refractivity contribution is -0.124. The molecule has 1 rings (SSSR count). The second kappa shape index (κ2) is 5.91. The monoisotopic (exact) mass is 220 g/mol. The van der Waals surface area contributed by atoms with Crippen LogP contribution in [0, 0.1) is 12.3 Å². The fourth-order valence-electron chi connectivity index (χ4n) is 1.32. The number of rotatable bonds is 5. The molecule has 0 spiro atoms. The maximum Gasteiger partial charge on any atom is 0.245 e. The molecule has 5 heteroatoms. The summed E-state index contributed by atoms with van der Waals surface area (Å²) in [5, 5.41) is 6.70. The highest BCUT2D eigenvalue weighted by molar-refractivity contribution is 5.80. The Balaban J connectivity index is 2.55. The first kappa shape index (κ1) is 12.2. The molecule has 5 nitrogen and oxygen atoms in total. The van der Waals surface area contributed by atoms with E-state index in [1.807, 2.05) is 6.92 Å². The number of terminal acetylenes is 1. The lowest BCUT2D eigenvalue weighted by atomic mass is 10.1. The molecule has 0 aliphatic rings. The van der Waals surface area contributed by atoms with E-state index in [4.69, 9.17) is 6.42 Å². The second-order valence-electron chi connectivity index (χ2n) is 3.57. The summed E-state index contributed by atoms with van der Waals surface area (Å²) in [7, 11) is 0. The molecule has 0 aliphatic heterocycles. The molecule has 1 aromatic heterocycles. The van der Waals surface area contributed by atoms with Gasteiger partial charge in [0.1, 0.15) is 18.7 Å². The van der Waals surface area contributed by atoms with E-state index >= 15 is 0 Å². The fourth-order valence-corrected chi connectivity index (χ4v) is 1.32. The van der Waals surface area contributed by atoms with Crippen molar-refractivity contribution in [3.8, 4) is 12.3 Å². The summed E-state index contributed by atoms with van der Waals surface area (Å²) in [5.74, 6) is 2.42. The van der Waals surface area contributed by atoms with Gasteiger partial charge in [-0.25, -0.2) is 9.67 Å². The van der Waals surface area contributed by atoms with Gasteiger partial charge in [-0.3, -0.25) is 4.79 Å². The molecule has 2 unspecified atom stereocenters.